The normalized spacial score (nSPS) is 31.1. The van der Waals surface area contributed by atoms with Crippen LogP contribution in [-0.2, 0) is 0 Å². The smallest absolute Gasteiger partial charge is 0.262 e. The maximum atomic E-state index is 12.6. The minimum Gasteiger partial charge on any atom is -0.305 e. The molecule has 0 bridgehead atoms. The van der Waals surface area contributed by atoms with Crippen LogP contribution in [0.15, 0.2) is 0 Å². The minimum absolute atomic E-state index is 0. The van der Waals surface area contributed by atoms with Crippen molar-refractivity contribution in [1.29, 1.82) is 0 Å². The van der Waals surface area contributed by atoms with Gasteiger partial charge in [0.05, 0.1) is 6.54 Å². The molecule has 4 heteroatoms. The van der Waals surface area contributed by atoms with Gasteiger partial charge in [-0.3, -0.25) is 0 Å². The van der Waals surface area contributed by atoms with E-state index in [1.165, 1.54) is 0 Å². The Labute approximate surface area is 71.0 Å². The van der Waals surface area contributed by atoms with Crippen LogP contribution in [0.1, 0.15) is 25.7 Å². The average Bonchev–Trinajstić information content (AvgIpc) is 2.04. The lowest BCUT2D eigenvalue weighted by molar-refractivity contribution is 0.00929. The first-order valence-electron chi connectivity index (χ1n) is 3.75. The molecule has 1 saturated heterocycles. The van der Waals surface area contributed by atoms with E-state index in [1.54, 1.807) is 0 Å². The molecule has 11 heavy (non-hydrogen) atoms. The summed E-state index contributed by atoms with van der Waals surface area (Å²) in [6.45, 7) is -0.104. The molecule has 2 aliphatic rings. The third kappa shape index (κ3) is 1.49. The zero-order valence-electron chi connectivity index (χ0n) is 6.20. The Morgan fingerprint density at radius 1 is 1.18 bits per heavy atom. The first-order valence-corrected chi connectivity index (χ1v) is 3.75. The van der Waals surface area contributed by atoms with E-state index in [4.69, 9.17) is 0 Å². The van der Waals surface area contributed by atoms with Crippen molar-refractivity contribution in [1.82, 2.24) is 5.32 Å². The van der Waals surface area contributed by atoms with Crippen LogP contribution in [0.4, 0.5) is 8.78 Å². The van der Waals surface area contributed by atoms with E-state index in [0.29, 0.717) is 0 Å². The third-order valence-corrected chi connectivity index (χ3v) is 2.63. The van der Waals surface area contributed by atoms with Gasteiger partial charge in [0.25, 0.3) is 5.92 Å². The first kappa shape index (κ1) is 9.20. The highest BCUT2D eigenvalue weighted by atomic mass is 35.5. The van der Waals surface area contributed by atoms with Crippen molar-refractivity contribution in [3.63, 3.8) is 0 Å². The summed E-state index contributed by atoms with van der Waals surface area (Å²) in [6, 6.07) is 0. The first-order chi connectivity index (χ1) is 4.62. The maximum Gasteiger partial charge on any atom is 0.262 e. The molecule has 0 aromatic carbocycles. The summed E-state index contributed by atoms with van der Waals surface area (Å²) in [4.78, 5) is 0. The van der Waals surface area contributed by atoms with Crippen molar-refractivity contribution in [3.8, 4) is 0 Å². The standard InChI is InChI=1S/C7H11F2N.ClH/c8-7(9)4-6(10-5-7)2-1-3-6;/h10H,1-5H2;1H. The van der Waals surface area contributed by atoms with Crippen LogP contribution in [0, 0.1) is 0 Å². The molecule has 0 aromatic heterocycles. The highest BCUT2D eigenvalue weighted by molar-refractivity contribution is 5.85. The minimum atomic E-state index is -2.43. The van der Waals surface area contributed by atoms with Crippen LogP contribution in [0.25, 0.3) is 0 Å². The summed E-state index contributed by atoms with van der Waals surface area (Å²) in [5.41, 5.74) is -0.149. The molecule has 66 valence electrons. The highest BCUT2D eigenvalue weighted by Gasteiger charge is 2.51. The molecule has 1 N–H and O–H groups in total. The summed E-state index contributed by atoms with van der Waals surface area (Å²) in [6.07, 6.45) is 3.08. The van der Waals surface area contributed by atoms with Gasteiger partial charge < -0.3 is 5.32 Å². The number of halogens is 3. The van der Waals surface area contributed by atoms with Crippen molar-refractivity contribution >= 4 is 12.4 Å². The Hall–Kier alpha value is 0.110. The molecule has 1 nitrogen and oxygen atoms in total. The van der Waals surface area contributed by atoms with E-state index in [-0.39, 0.29) is 30.9 Å². The van der Waals surface area contributed by atoms with Gasteiger partial charge in [0.15, 0.2) is 0 Å². The van der Waals surface area contributed by atoms with Gasteiger partial charge in [-0.15, -0.1) is 12.4 Å². The predicted molar refractivity (Wildman–Crippen MR) is 41.4 cm³/mol. The molecule has 1 saturated carbocycles. The topological polar surface area (TPSA) is 12.0 Å². The van der Waals surface area contributed by atoms with Gasteiger partial charge in [-0.05, 0) is 19.3 Å². The summed E-state index contributed by atoms with van der Waals surface area (Å²) in [5, 5.41) is 2.91. The lowest BCUT2D eigenvalue weighted by Gasteiger charge is -2.38. The van der Waals surface area contributed by atoms with E-state index >= 15 is 0 Å². The zero-order chi connectivity index (χ0) is 7.24. The number of alkyl halides is 2. The highest BCUT2D eigenvalue weighted by Crippen LogP contribution is 2.44. The zero-order valence-corrected chi connectivity index (χ0v) is 7.02. The van der Waals surface area contributed by atoms with Crippen LogP contribution in [0.5, 0.6) is 0 Å². The third-order valence-electron chi connectivity index (χ3n) is 2.63. The lowest BCUT2D eigenvalue weighted by Crippen LogP contribution is -2.45. The van der Waals surface area contributed by atoms with Gasteiger partial charge >= 0.3 is 0 Å². The fraction of sp³-hybridized carbons (Fsp3) is 1.00. The number of hydrogen-bond acceptors (Lipinski definition) is 1. The Morgan fingerprint density at radius 3 is 2.00 bits per heavy atom. The van der Waals surface area contributed by atoms with E-state index in [1.807, 2.05) is 0 Å². The quantitative estimate of drug-likeness (QED) is 0.606. The van der Waals surface area contributed by atoms with Crippen molar-refractivity contribution in [2.75, 3.05) is 6.54 Å². The van der Waals surface area contributed by atoms with Crippen LogP contribution in [0.3, 0.4) is 0 Å². The Bertz CT molecular complexity index is 157. The lowest BCUT2D eigenvalue weighted by atomic mass is 9.75. The van der Waals surface area contributed by atoms with Gasteiger partial charge in [0.2, 0.25) is 0 Å². The van der Waals surface area contributed by atoms with Crippen molar-refractivity contribution in [2.24, 2.45) is 0 Å². The summed E-state index contributed by atoms with van der Waals surface area (Å²) in [5.74, 6) is -2.43. The van der Waals surface area contributed by atoms with E-state index in [0.717, 1.165) is 19.3 Å². The van der Waals surface area contributed by atoms with Gasteiger partial charge in [-0.25, -0.2) is 8.78 Å². The second-order valence-corrected chi connectivity index (χ2v) is 3.52. The van der Waals surface area contributed by atoms with Crippen LogP contribution in [-0.4, -0.2) is 18.0 Å². The second-order valence-electron chi connectivity index (χ2n) is 3.52. The number of rotatable bonds is 0. The molecule has 0 aromatic rings. The predicted octanol–water partition coefficient (Wildman–Crippen LogP) is 1.96. The van der Waals surface area contributed by atoms with Gasteiger partial charge in [0.1, 0.15) is 0 Å². The molecule has 1 heterocycles. The van der Waals surface area contributed by atoms with Crippen LogP contribution < -0.4 is 5.32 Å². The van der Waals surface area contributed by atoms with E-state index < -0.39 is 5.92 Å². The molecular formula is C7H12ClF2N. The van der Waals surface area contributed by atoms with Crippen molar-refractivity contribution < 1.29 is 8.78 Å². The molecule has 0 atom stereocenters. The molecule has 1 spiro atoms. The molecule has 1 aliphatic carbocycles. The van der Waals surface area contributed by atoms with E-state index in [9.17, 15) is 8.78 Å². The van der Waals surface area contributed by atoms with Crippen molar-refractivity contribution in [3.05, 3.63) is 0 Å². The fourth-order valence-corrected chi connectivity index (χ4v) is 1.89. The SMILES string of the molecule is Cl.FC1(F)CNC2(CCC2)C1. The molecule has 2 rings (SSSR count). The van der Waals surface area contributed by atoms with Gasteiger partial charge in [0, 0.05) is 12.0 Å². The molecule has 2 fully saturated rings. The number of hydrogen-bond donors (Lipinski definition) is 1. The molecule has 1 aliphatic heterocycles. The molecule has 0 unspecified atom stereocenters. The summed E-state index contributed by atoms with van der Waals surface area (Å²) in [7, 11) is 0. The Morgan fingerprint density at radius 2 is 1.82 bits per heavy atom. The fourth-order valence-electron chi connectivity index (χ4n) is 1.89. The van der Waals surface area contributed by atoms with Gasteiger partial charge in [-0.2, -0.15) is 0 Å². The molecular weight excluding hydrogens is 172 g/mol. The van der Waals surface area contributed by atoms with E-state index in [2.05, 4.69) is 5.32 Å². The number of nitrogens with one attached hydrogen (secondary N) is 1. The Kier molecular flexibility index (Phi) is 2.14. The Balaban J connectivity index is 0.000000605. The molecule has 0 amide bonds. The van der Waals surface area contributed by atoms with Crippen molar-refractivity contribution in [2.45, 2.75) is 37.1 Å². The summed E-state index contributed by atoms with van der Waals surface area (Å²) >= 11 is 0. The van der Waals surface area contributed by atoms with Crippen LogP contribution in [0.2, 0.25) is 0 Å². The summed E-state index contributed by atoms with van der Waals surface area (Å²) < 4.78 is 25.2. The maximum absolute atomic E-state index is 12.6. The average molecular weight is 184 g/mol. The van der Waals surface area contributed by atoms with Gasteiger partial charge in [-0.1, -0.05) is 0 Å². The second kappa shape index (κ2) is 2.56. The largest absolute Gasteiger partial charge is 0.305 e. The van der Waals surface area contributed by atoms with Crippen LogP contribution >= 0.6 is 12.4 Å². The molecule has 0 radical (unpaired) electrons. The monoisotopic (exact) mass is 183 g/mol.